The Morgan fingerprint density at radius 2 is 1.81 bits per heavy atom. The number of benzene rings is 1. The highest BCUT2D eigenvalue weighted by Crippen LogP contribution is 2.17. The van der Waals surface area contributed by atoms with Crippen molar-refractivity contribution < 1.29 is 14.3 Å². The van der Waals surface area contributed by atoms with Gasteiger partial charge >= 0.3 is 0 Å². The van der Waals surface area contributed by atoms with E-state index in [-0.39, 0.29) is 17.7 Å². The zero-order chi connectivity index (χ0) is 19.8. The number of hydrogen-bond donors (Lipinski definition) is 2. The Bertz CT molecular complexity index is 766. The van der Waals surface area contributed by atoms with Crippen molar-refractivity contribution in [2.45, 2.75) is 13.8 Å². The molecule has 2 aromatic rings. The number of hydrogen-bond acceptors (Lipinski definition) is 5. The summed E-state index contributed by atoms with van der Waals surface area (Å²) in [5, 5.41) is 9.74. The molecule has 146 valence electrons. The zero-order valence-corrected chi connectivity index (χ0v) is 16.3. The normalized spacial score (nSPS) is 10.7. The molecule has 0 bridgehead atoms. The van der Waals surface area contributed by atoms with Gasteiger partial charge in [0.25, 0.3) is 11.8 Å². The molecule has 1 aromatic heterocycles. The Morgan fingerprint density at radius 1 is 1.15 bits per heavy atom. The van der Waals surface area contributed by atoms with Crippen LogP contribution < -0.4 is 15.4 Å². The standard InChI is InChI=1S/C19H27N5O3/c1-5-24(6-2)12-11-20-17(25)14-7-9-15(10-8-14)21-18(26)16-13-23(3)22-19(16)27-4/h7-10,13H,5-6,11-12H2,1-4H3,(H,20,25)(H,21,26). The second-order valence-electron chi connectivity index (χ2n) is 6.04. The summed E-state index contributed by atoms with van der Waals surface area (Å²) in [5.74, 6) is -0.190. The SMILES string of the molecule is CCN(CC)CCNC(=O)c1ccc(NC(=O)c2cn(C)nc2OC)cc1. The molecular formula is C19H27N5O3. The molecule has 0 aliphatic carbocycles. The van der Waals surface area contributed by atoms with Gasteiger partial charge in [-0.3, -0.25) is 14.3 Å². The van der Waals surface area contributed by atoms with Crippen molar-refractivity contribution in [3.05, 3.63) is 41.6 Å². The Morgan fingerprint density at radius 3 is 2.41 bits per heavy atom. The fraction of sp³-hybridized carbons (Fsp3) is 0.421. The van der Waals surface area contributed by atoms with Gasteiger partial charge < -0.3 is 20.3 Å². The number of likely N-dealkylation sites (N-methyl/N-ethyl adjacent to an activating group) is 1. The number of carbonyl (C=O) groups is 2. The molecule has 0 saturated heterocycles. The molecule has 27 heavy (non-hydrogen) atoms. The molecule has 2 amide bonds. The van der Waals surface area contributed by atoms with E-state index in [1.54, 1.807) is 37.5 Å². The van der Waals surface area contributed by atoms with E-state index < -0.39 is 0 Å². The van der Waals surface area contributed by atoms with Gasteiger partial charge in [-0.1, -0.05) is 13.8 Å². The highest BCUT2D eigenvalue weighted by atomic mass is 16.5. The Labute approximate surface area is 159 Å². The average molecular weight is 373 g/mol. The Balaban J connectivity index is 1.92. The summed E-state index contributed by atoms with van der Waals surface area (Å²) >= 11 is 0. The van der Waals surface area contributed by atoms with E-state index >= 15 is 0 Å². The highest BCUT2D eigenvalue weighted by Gasteiger charge is 2.16. The van der Waals surface area contributed by atoms with Crippen LogP contribution in [0.15, 0.2) is 30.5 Å². The van der Waals surface area contributed by atoms with Crippen molar-refractivity contribution in [2.75, 3.05) is 38.6 Å². The lowest BCUT2D eigenvalue weighted by Crippen LogP contribution is -2.34. The van der Waals surface area contributed by atoms with Crippen LogP contribution in [0.5, 0.6) is 5.88 Å². The Kier molecular flexibility index (Phi) is 7.36. The smallest absolute Gasteiger partial charge is 0.262 e. The van der Waals surface area contributed by atoms with Gasteiger partial charge in [0.15, 0.2) is 0 Å². The third-order valence-electron chi connectivity index (χ3n) is 4.25. The van der Waals surface area contributed by atoms with Gasteiger partial charge in [0.2, 0.25) is 5.88 Å². The van der Waals surface area contributed by atoms with Crippen molar-refractivity contribution in [1.82, 2.24) is 20.0 Å². The van der Waals surface area contributed by atoms with Gasteiger partial charge in [0, 0.05) is 37.6 Å². The summed E-state index contributed by atoms with van der Waals surface area (Å²) in [4.78, 5) is 26.8. The maximum Gasteiger partial charge on any atom is 0.262 e. The monoisotopic (exact) mass is 373 g/mol. The molecule has 2 rings (SSSR count). The number of amides is 2. The predicted molar refractivity (Wildman–Crippen MR) is 104 cm³/mol. The van der Waals surface area contributed by atoms with Gasteiger partial charge in [-0.05, 0) is 37.4 Å². The van der Waals surface area contributed by atoms with Crippen molar-refractivity contribution >= 4 is 17.5 Å². The van der Waals surface area contributed by atoms with E-state index in [1.807, 2.05) is 0 Å². The van der Waals surface area contributed by atoms with Gasteiger partial charge in [-0.15, -0.1) is 5.10 Å². The van der Waals surface area contributed by atoms with Crippen molar-refractivity contribution in [3.63, 3.8) is 0 Å². The lowest BCUT2D eigenvalue weighted by Gasteiger charge is -2.17. The van der Waals surface area contributed by atoms with Crippen LogP contribution in [0.2, 0.25) is 0 Å². The van der Waals surface area contributed by atoms with Crippen LogP contribution in [0.3, 0.4) is 0 Å². The number of nitrogens with zero attached hydrogens (tertiary/aromatic N) is 3. The first-order valence-electron chi connectivity index (χ1n) is 8.98. The summed E-state index contributed by atoms with van der Waals surface area (Å²) in [6.07, 6.45) is 1.59. The first-order valence-corrected chi connectivity index (χ1v) is 8.98. The summed E-state index contributed by atoms with van der Waals surface area (Å²) in [6.45, 7) is 7.53. The lowest BCUT2D eigenvalue weighted by atomic mass is 10.2. The summed E-state index contributed by atoms with van der Waals surface area (Å²) < 4.78 is 6.61. The van der Waals surface area contributed by atoms with Crippen LogP contribution >= 0.6 is 0 Å². The zero-order valence-electron chi connectivity index (χ0n) is 16.3. The predicted octanol–water partition coefficient (Wildman–Crippen LogP) is 1.75. The second kappa shape index (κ2) is 9.72. The minimum atomic E-state index is -0.323. The molecule has 0 radical (unpaired) electrons. The maximum atomic E-state index is 12.4. The number of aromatic nitrogens is 2. The number of carbonyl (C=O) groups excluding carboxylic acids is 2. The third kappa shape index (κ3) is 5.55. The minimum Gasteiger partial charge on any atom is -0.479 e. The molecule has 0 atom stereocenters. The number of ether oxygens (including phenoxy) is 1. The largest absolute Gasteiger partial charge is 0.479 e. The van der Waals surface area contributed by atoms with Crippen molar-refractivity contribution in [1.29, 1.82) is 0 Å². The summed E-state index contributed by atoms with van der Waals surface area (Å²) in [7, 11) is 3.18. The van der Waals surface area contributed by atoms with Crippen LogP contribution in [-0.2, 0) is 7.05 Å². The maximum absolute atomic E-state index is 12.4. The first-order chi connectivity index (χ1) is 13.0. The molecule has 0 spiro atoms. The molecule has 8 nitrogen and oxygen atoms in total. The molecule has 2 N–H and O–H groups in total. The number of aryl methyl sites for hydroxylation is 1. The highest BCUT2D eigenvalue weighted by molar-refractivity contribution is 6.06. The van der Waals surface area contributed by atoms with Crippen LogP contribution in [0.1, 0.15) is 34.6 Å². The summed E-state index contributed by atoms with van der Waals surface area (Å²) in [5.41, 5.74) is 1.48. The third-order valence-corrected chi connectivity index (χ3v) is 4.25. The van der Waals surface area contributed by atoms with Crippen LogP contribution in [0, 0.1) is 0 Å². The van der Waals surface area contributed by atoms with E-state index in [2.05, 4.69) is 34.5 Å². The molecule has 0 unspecified atom stereocenters. The fourth-order valence-electron chi connectivity index (χ4n) is 2.65. The lowest BCUT2D eigenvalue weighted by molar-refractivity contribution is 0.0948. The molecular weight excluding hydrogens is 346 g/mol. The second-order valence-corrected chi connectivity index (χ2v) is 6.04. The van der Waals surface area contributed by atoms with E-state index in [1.165, 1.54) is 11.8 Å². The number of methoxy groups -OCH3 is 1. The summed E-state index contributed by atoms with van der Waals surface area (Å²) in [6, 6.07) is 6.76. The van der Waals surface area contributed by atoms with Gasteiger partial charge in [-0.2, -0.15) is 0 Å². The molecule has 0 aliphatic rings. The minimum absolute atomic E-state index is 0.131. The molecule has 1 heterocycles. The molecule has 1 aromatic carbocycles. The van der Waals surface area contributed by atoms with Crippen LogP contribution in [0.25, 0.3) is 0 Å². The molecule has 0 saturated carbocycles. The number of rotatable bonds is 9. The first kappa shape index (κ1) is 20.4. The van der Waals surface area contributed by atoms with Crippen molar-refractivity contribution in [3.8, 4) is 5.88 Å². The van der Waals surface area contributed by atoms with E-state index in [4.69, 9.17) is 4.74 Å². The molecule has 0 fully saturated rings. The van der Waals surface area contributed by atoms with Gasteiger partial charge in [-0.25, -0.2) is 0 Å². The number of nitrogens with one attached hydrogen (secondary N) is 2. The van der Waals surface area contributed by atoms with Crippen molar-refractivity contribution in [2.24, 2.45) is 7.05 Å². The van der Waals surface area contributed by atoms with E-state index in [9.17, 15) is 9.59 Å². The molecule has 8 heteroatoms. The van der Waals surface area contributed by atoms with Gasteiger partial charge in [0.1, 0.15) is 5.56 Å². The number of anilines is 1. The molecule has 0 aliphatic heterocycles. The fourth-order valence-corrected chi connectivity index (χ4v) is 2.65. The van der Waals surface area contributed by atoms with Crippen LogP contribution in [-0.4, -0.2) is 59.8 Å². The van der Waals surface area contributed by atoms with E-state index in [0.717, 1.165) is 19.6 Å². The quantitative estimate of drug-likeness (QED) is 0.699. The average Bonchev–Trinajstić information content (AvgIpc) is 3.06. The van der Waals surface area contributed by atoms with Gasteiger partial charge in [0.05, 0.1) is 7.11 Å². The topological polar surface area (TPSA) is 88.5 Å². The van der Waals surface area contributed by atoms with E-state index in [0.29, 0.717) is 23.4 Å². The van der Waals surface area contributed by atoms with Crippen LogP contribution in [0.4, 0.5) is 5.69 Å². The Hall–Kier alpha value is -2.87.